The standard InChI is InChI=1S/C21H16ClN3O/c22-16-11-12-18-19(13-16)25(17-9-5-2-6-10-17)21(26)24-20(18)23-14-15-7-3-1-4-8-15/h1-13H,14H2,(H,23,24,26). The van der Waals surface area contributed by atoms with E-state index in [1.807, 2.05) is 66.7 Å². The van der Waals surface area contributed by atoms with Crippen LogP contribution in [0, 0.1) is 0 Å². The third kappa shape index (κ3) is 3.19. The zero-order valence-electron chi connectivity index (χ0n) is 13.9. The predicted molar refractivity (Wildman–Crippen MR) is 106 cm³/mol. The zero-order valence-corrected chi connectivity index (χ0v) is 14.6. The molecule has 0 radical (unpaired) electrons. The van der Waals surface area contributed by atoms with Crippen molar-refractivity contribution in [3.63, 3.8) is 0 Å². The van der Waals surface area contributed by atoms with Crippen LogP contribution in [-0.4, -0.2) is 9.55 Å². The predicted octanol–water partition coefficient (Wildman–Crippen LogP) is 4.65. The third-order valence-corrected chi connectivity index (χ3v) is 4.41. The van der Waals surface area contributed by atoms with Crippen LogP contribution in [0.15, 0.2) is 83.7 Å². The highest BCUT2D eigenvalue weighted by Gasteiger charge is 2.12. The summed E-state index contributed by atoms with van der Waals surface area (Å²) in [7, 11) is 0. The highest BCUT2D eigenvalue weighted by Crippen LogP contribution is 2.25. The van der Waals surface area contributed by atoms with Crippen LogP contribution in [0.3, 0.4) is 0 Å². The SMILES string of the molecule is O=c1nc(NCc2ccccc2)c2ccc(Cl)cc2n1-c1ccccc1. The molecule has 26 heavy (non-hydrogen) atoms. The fourth-order valence-corrected chi connectivity index (χ4v) is 3.11. The molecule has 4 nitrogen and oxygen atoms in total. The van der Waals surface area contributed by atoms with Crippen LogP contribution in [0.25, 0.3) is 16.6 Å². The van der Waals surface area contributed by atoms with Crippen molar-refractivity contribution in [3.05, 3.63) is 99.9 Å². The van der Waals surface area contributed by atoms with Crippen molar-refractivity contribution < 1.29 is 0 Å². The van der Waals surface area contributed by atoms with E-state index >= 15 is 0 Å². The smallest absolute Gasteiger partial charge is 0.354 e. The second kappa shape index (κ2) is 7.02. The van der Waals surface area contributed by atoms with Gasteiger partial charge in [-0.2, -0.15) is 4.98 Å². The van der Waals surface area contributed by atoms with Gasteiger partial charge in [0.05, 0.1) is 11.2 Å². The van der Waals surface area contributed by atoms with Crippen molar-refractivity contribution in [3.8, 4) is 5.69 Å². The van der Waals surface area contributed by atoms with E-state index in [-0.39, 0.29) is 5.69 Å². The van der Waals surface area contributed by atoms with Crippen LogP contribution in [-0.2, 0) is 6.54 Å². The van der Waals surface area contributed by atoms with Crippen LogP contribution in [0.5, 0.6) is 0 Å². The Hall–Kier alpha value is -3.11. The molecule has 0 bridgehead atoms. The van der Waals surface area contributed by atoms with Crippen LogP contribution < -0.4 is 11.0 Å². The molecular formula is C21H16ClN3O. The molecule has 0 amide bonds. The van der Waals surface area contributed by atoms with Crippen molar-refractivity contribution in [1.82, 2.24) is 9.55 Å². The molecule has 0 spiro atoms. The lowest BCUT2D eigenvalue weighted by atomic mass is 10.2. The van der Waals surface area contributed by atoms with Gasteiger partial charge < -0.3 is 5.32 Å². The molecule has 128 valence electrons. The van der Waals surface area contributed by atoms with Crippen molar-refractivity contribution >= 4 is 28.3 Å². The minimum atomic E-state index is -0.346. The first-order chi connectivity index (χ1) is 12.7. The Labute approximate surface area is 155 Å². The van der Waals surface area contributed by atoms with Gasteiger partial charge in [0, 0.05) is 17.0 Å². The first-order valence-electron chi connectivity index (χ1n) is 8.28. The molecule has 0 saturated heterocycles. The van der Waals surface area contributed by atoms with E-state index in [4.69, 9.17) is 11.6 Å². The van der Waals surface area contributed by atoms with E-state index in [1.54, 1.807) is 16.7 Å². The van der Waals surface area contributed by atoms with Gasteiger partial charge in [-0.25, -0.2) is 4.79 Å². The lowest BCUT2D eigenvalue weighted by Gasteiger charge is -2.14. The third-order valence-electron chi connectivity index (χ3n) is 4.17. The Balaban J connectivity index is 1.84. The molecule has 4 rings (SSSR count). The largest absolute Gasteiger partial charge is 0.365 e. The highest BCUT2D eigenvalue weighted by molar-refractivity contribution is 6.31. The first kappa shape index (κ1) is 16.4. The lowest BCUT2D eigenvalue weighted by molar-refractivity contribution is 0.952. The molecule has 4 aromatic rings. The van der Waals surface area contributed by atoms with Gasteiger partial charge in [0.25, 0.3) is 0 Å². The number of anilines is 1. The summed E-state index contributed by atoms with van der Waals surface area (Å²) in [6.45, 7) is 0.584. The first-order valence-corrected chi connectivity index (χ1v) is 8.66. The summed E-state index contributed by atoms with van der Waals surface area (Å²) in [5.41, 5.74) is 2.25. The van der Waals surface area contributed by atoms with Gasteiger partial charge in [0.15, 0.2) is 0 Å². The summed E-state index contributed by atoms with van der Waals surface area (Å²) in [6, 6.07) is 24.9. The number of aromatic nitrogens is 2. The average molecular weight is 362 g/mol. The normalized spacial score (nSPS) is 10.8. The molecule has 3 aromatic carbocycles. The number of hydrogen-bond donors (Lipinski definition) is 1. The Morgan fingerprint density at radius 2 is 1.62 bits per heavy atom. The number of fused-ring (bicyclic) bond motifs is 1. The fourth-order valence-electron chi connectivity index (χ4n) is 2.94. The molecule has 0 unspecified atom stereocenters. The molecule has 0 atom stereocenters. The number of para-hydroxylation sites is 1. The second-order valence-corrected chi connectivity index (χ2v) is 6.35. The van der Waals surface area contributed by atoms with E-state index in [9.17, 15) is 4.79 Å². The van der Waals surface area contributed by atoms with Crippen molar-refractivity contribution in [2.45, 2.75) is 6.54 Å². The average Bonchev–Trinajstić information content (AvgIpc) is 2.67. The zero-order chi connectivity index (χ0) is 17.9. The van der Waals surface area contributed by atoms with Crippen LogP contribution in [0.1, 0.15) is 5.56 Å². The molecule has 1 N–H and O–H groups in total. The molecule has 0 aliphatic heterocycles. The van der Waals surface area contributed by atoms with Crippen molar-refractivity contribution in [1.29, 1.82) is 0 Å². The molecular weight excluding hydrogens is 346 g/mol. The quantitative estimate of drug-likeness (QED) is 0.575. The Morgan fingerprint density at radius 3 is 2.35 bits per heavy atom. The van der Waals surface area contributed by atoms with Gasteiger partial charge in [-0.3, -0.25) is 4.57 Å². The highest BCUT2D eigenvalue weighted by atomic mass is 35.5. The van der Waals surface area contributed by atoms with Crippen LogP contribution >= 0.6 is 11.6 Å². The van der Waals surface area contributed by atoms with Crippen molar-refractivity contribution in [2.24, 2.45) is 0 Å². The topological polar surface area (TPSA) is 46.9 Å². The van der Waals surface area contributed by atoms with Crippen LogP contribution in [0.2, 0.25) is 5.02 Å². The fraction of sp³-hybridized carbons (Fsp3) is 0.0476. The Bertz CT molecular complexity index is 1110. The number of halogens is 1. The van der Waals surface area contributed by atoms with Gasteiger partial charge >= 0.3 is 5.69 Å². The van der Waals surface area contributed by atoms with Gasteiger partial charge in [0.1, 0.15) is 5.82 Å². The van der Waals surface area contributed by atoms with Gasteiger partial charge in [-0.1, -0.05) is 60.1 Å². The monoisotopic (exact) mass is 361 g/mol. The van der Waals surface area contributed by atoms with Gasteiger partial charge in [-0.05, 0) is 35.9 Å². The van der Waals surface area contributed by atoms with E-state index in [1.165, 1.54) is 0 Å². The van der Waals surface area contributed by atoms with Crippen LogP contribution in [0.4, 0.5) is 5.82 Å². The number of nitrogens with one attached hydrogen (secondary N) is 1. The van der Waals surface area contributed by atoms with Gasteiger partial charge in [-0.15, -0.1) is 0 Å². The van der Waals surface area contributed by atoms with Crippen molar-refractivity contribution in [2.75, 3.05) is 5.32 Å². The number of hydrogen-bond acceptors (Lipinski definition) is 3. The van der Waals surface area contributed by atoms with E-state index in [0.717, 1.165) is 22.2 Å². The Kier molecular flexibility index (Phi) is 4.42. The maximum absolute atomic E-state index is 12.7. The van der Waals surface area contributed by atoms with E-state index in [0.29, 0.717) is 17.4 Å². The number of nitrogens with zero attached hydrogens (tertiary/aromatic N) is 2. The minimum Gasteiger partial charge on any atom is -0.365 e. The summed E-state index contributed by atoms with van der Waals surface area (Å²) in [6.07, 6.45) is 0. The lowest BCUT2D eigenvalue weighted by Crippen LogP contribution is -2.23. The summed E-state index contributed by atoms with van der Waals surface area (Å²) < 4.78 is 1.58. The summed E-state index contributed by atoms with van der Waals surface area (Å²) in [4.78, 5) is 17.0. The maximum atomic E-state index is 12.7. The van der Waals surface area contributed by atoms with E-state index in [2.05, 4.69) is 10.3 Å². The molecule has 0 fully saturated rings. The second-order valence-electron chi connectivity index (χ2n) is 5.91. The molecule has 5 heteroatoms. The molecule has 0 aliphatic rings. The minimum absolute atomic E-state index is 0.346. The molecule has 0 aliphatic carbocycles. The molecule has 1 heterocycles. The summed E-state index contributed by atoms with van der Waals surface area (Å²) in [5, 5.41) is 4.69. The summed E-state index contributed by atoms with van der Waals surface area (Å²) >= 11 is 6.20. The maximum Gasteiger partial charge on any atom is 0.354 e. The number of rotatable bonds is 4. The Morgan fingerprint density at radius 1 is 0.923 bits per heavy atom. The summed E-state index contributed by atoms with van der Waals surface area (Å²) in [5.74, 6) is 0.553. The van der Waals surface area contributed by atoms with E-state index < -0.39 is 0 Å². The molecule has 1 aromatic heterocycles. The van der Waals surface area contributed by atoms with Gasteiger partial charge in [0.2, 0.25) is 0 Å². The molecule has 0 saturated carbocycles. The number of benzene rings is 3.